The summed E-state index contributed by atoms with van der Waals surface area (Å²) < 4.78 is 21.8. The topological polar surface area (TPSA) is 95.3 Å². The smallest absolute Gasteiger partial charge is 0.336 e. The molecule has 158 valence electrons. The minimum Gasteiger partial charge on any atom is -0.486 e. The molecule has 1 fully saturated rings. The number of fused-ring (bicyclic) bond motifs is 2. The molecule has 0 N–H and O–H groups in total. The number of ether oxygens (including phenoxy) is 3. The van der Waals surface area contributed by atoms with Gasteiger partial charge in [0.1, 0.15) is 24.5 Å². The maximum atomic E-state index is 12.7. The van der Waals surface area contributed by atoms with Crippen molar-refractivity contribution in [1.29, 1.82) is 0 Å². The molecule has 2 aliphatic heterocycles. The summed E-state index contributed by atoms with van der Waals surface area (Å²) in [6.45, 7) is 2.95. The van der Waals surface area contributed by atoms with Gasteiger partial charge in [0.25, 0.3) is 0 Å². The highest BCUT2D eigenvalue weighted by Crippen LogP contribution is 2.36. The fourth-order valence-corrected chi connectivity index (χ4v) is 3.88. The standard InChI is InChI=1S/C23H19NO7/c1-13-8-22(26)31-19-11-16(3-4-17(13)19)30-23(27)14-9-21(25)24(12-14)15-2-5-18-20(10-15)29-7-6-28-18/h2-5,8,10-11,14H,6-7,9,12H2,1H3/t14-/m0/s1. The maximum Gasteiger partial charge on any atom is 0.336 e. The molecular weight excluding hydrogens is 402 g/mol. The number of amides is 1. The van der Waals surface area contributed by atoms with Crippen LogP contribution in [0.25, 0.3) is 11.0 Å². The number of rotatable bonds is 3. The molecule has 2 aromatic carbocycles. The third-order valence-corrected chi connectivity index (χ3v) is 5.44. The van der Waals surface area contributed by atoms with Crippen molar-refractivity contribution in [2.24, 2.45) is 5.92 Å². The van der Waals surface area contributed by atoms with Gasteiger partial charge in [0.05, 0.1) is 5.92 Å². The van der Waals surface area contributed by atoms with E-state index in [2.05, 4.69) is 0 Å². The Balaban J connectivity index is 1.32. The van der Waals surface area contributed by atoms with Crippen LogP contribution in [0, 0.1) is 12.8 Å². The largest absolute Gasteiger partial charge is 0.486 e. The van der Waals surface area contributed by atoms with Gasteiger partial charge >= 0.3 is 11.6 Å². The molecule has 0 unspecified atom stereocenters. The molecular formula is C23H19NO7. The molecule has 31 heavy (non-hydrogen) atoms. The van der Waals surface area contributed by atoms with E-state index in [1.54, 1.807) is 35.2 Å². The Kier molecular flexibility index (Phi) is 4.62. The Bertz CT molecular complexity index is 1260. The molecule has 5 rings (SSSR count). The van der Waals surface area contributed by atoms with Crippen molar-refractivity contribution in [1.82, 2.24) is 0 Å². The number of hydrogen-bond acceptors (Lipinski definition) is 7. The molecule has 1 aromatic heterocycles. The zero-order chi connectivity index (χ0) is 21.5. The molecule has 0 bridgehead atoms. The van der Waals surface area contributed by atoms with Crippen LogP contribution in [0.3, 0.4) is 0 Å². The number of hydrogen-bond donors (Lipinski definition) is 0. The van der Waals surface area contributed by atoms with Crippen LogP contribution in [0.2, 0.25) is 0 Å². The summed E-state index contributed by atoms with van der Waals surface area (Å²) >= 11 is 0. The minimum atomic E-state index is -0.610. The molecule has 0 aliphatic carbocycles. The van der Waals surface area contributed by atoms with Crippen LogP contribution in [0.5, 0.6) is 17.2 Å². The molecule has 1 amide bonds. The highest BCUT2D eigenvalue weighted by atomic mass is 16.6. The van der Waals surface area contributed by atoms with E-state index in [-0.39, 0.29) is 24.6 Å². The van der Waals surface area contributed by atoms with Gasteiger partial charge in [0.15, 0.2) is 11.5 Å². The molecule has 3 aromatic rings. The predicted molar refractivity (Wildman–Crippen MR) is 111 cm³/mol. The minimum absolute atomic E-state index is 0.0506. The van der Waals surface area contributed by atoms with Gasteiger partial charge in [-0.1, -0.05) is 0 Å². The van der Waals surface area contributed by atoms with E-state index in [9.17, 15) is 14.4 Å². The third kappa shape index (κ3) is 3.61. The second-order valence-electron chi connectivity index (χ2n) is 7.56. The fourth-order valence-electron chi connectivity index (χ4n) is 3.88. The van der Waals surface area contributed by atoms with Crippen molar-refractivity contribution in [3.63, 3.8) is 0 Å². The third-order valence-electron chi connectivity index (χ3n) is 5.44. The van der Waals surface area contributed by atoms with Crippen LogP contribution < -0.4 is 24.7 Å². The van der Waals surface area contributed by atoms with E-state index in [4.69, 9.17) is 18.6 Å². The first-order valence-electron chi connectivity index (χ1n) is 9.94. The first-order valence-corrected chi connectivity index (χ1v) is 9.94. The van der Waals surface area contributed by atoms with Gasteiger partial charge in [-0.3, -0.25) is 9.59 Å². The van der Waals surface area contributed by atoms with Crippen molar-refractivity contribution in [3.05, 3.63) is 58.4 Å². The second-order valence-corrected chi connectivity index (χ2v) is 7.56. The summed E-state index contributed by atoms with van der Waals surface area (Å²) in [4.78, 5) is 38.4. The summed E-state index contributed by atoms with van der Waals surface area (Å²) in [6.07, 6.45) is 0.0506. The molecule has 2 aliphatic rings. The average Bonchev–Trinajstić information content (AvgIpc) is 3.15. The zero-order valence-corrected chi connectivity index (χ0v) is 16.8. The van der Waals surface area contributed by atoms with E-state index in [1.165, 1.54) is 12.1 Å². The Morgan fingerprint density at radius 2 is 1.84 bits per heavy atom. The summed E-state index contributed by atoms with van der Waals surface area (Å²) in [5.74, 6) is 0.185. The SMILES string of the molecule is Cc1cc(=O)oc2cc(OC(=O)[C@H]3CC(=O)N(c4ccc5c(c4)OCCO5)C3)ccc12. The maximum absolute atomic E-state index is 12.7. The molecule has 3 heterocycles. The molecule has 0 saturated carbocycles. The summed E-state index contributed by atoms with van der Waals surface area (Å²) in [7, 11) is 0. The quantitative estimate of drug-likeness (QED) is 0.365. The van der Waals surface area contributed by atoms with Gasteiger partial charge in [0.2, 0.25) is 5.91 Å². The lowest BCUT2D eigenvalue weighted by molar-refractivity contribution is -0.139. The Morgan fingerprint density at radius 3 is 2.68 bits per heavy atom. The predicted octanol–water partition coefficient (Wildman–Crippen LogP) is 2.83. The Hall–Kier alpha value is -3.81. The lowest BCUT2D eigenvalue weighted by Crippen LogP contribution is -2.27. The average molecular weight is 421 g/mol. The normalized spacial score (nSPS) is 17.8. The fraction of sp³-hybridized carbons (Fsp3) is 0.261. The Labute approximate surface area is 176 Å². The summed E-state index contributed by atoms with van der Waals surface area (Å²) in [6, 6.07) is 11.6. The first-order chi connectivity index (χ1) is 15.0. The molecule has 8 heteroatoms. The number of nitrogens with zero attached hydrogens (tertiary/aromatic N) is 1. The molecule has 1 atom stereocenters. The lowest BCUT2D eigenvalue weighted by Gasteiger charge is -2.22. The van der Waals surface area contributed by atoms with Crippen molar-refractivity contribution < 1.29 is 28.2 Å². The number of esters is 1. The van der Waals surface area contributed by atoms with Crippen molar-refractivity contribution in [3.8, 4) is 17.2 Å². The van der Waals surface area contributed by atoms with Gasteiger partial charge in [0, 0.05) is 42.2 Å². The molecule has 8 nitrogen and oxygen atoms in total. The number of aryl methyl sites for hydroxylation is 1. The summed E-state index contributed by atoms with van der Waals surface area (Å²) in [5, 5.41) is 0.764. The Morgan fingerprint density at radius 1 is 1.03 bits per heavy atom. The number of anilines is 1. The van der Waals surface area contributed by atoms with E-state index < -0.39 is 17.5 Å². The van der Waals surface area contributed by atoms with Crippen LogP contribution in [-0.2, 0) is 9.59 Å². The highest BCUT2D eigenvalue weighted by molar-refractivity contribution is 6.00. The van der Waals surface area contributed by atoms with Crippen LogP contribution >= 0.6 is 0 Å². The van der Waals surface area contributed by atoms with Crippen LogP contribution in [0.1, 0.15) is 12.0 Å². The molecule has 0 radical (unpaired) electrons. The van der Waals surface area contributed by atoms with Crippen molar-refractivity contribution in [2.75, 3.05) is 24.7 Å². The van der Waals surface area contributed by atoms with E-state index in [0.29, 0.717) is 36.0 Å². The van der Waals surface area contributed by atoms with Gasteiger partial charge in [-0.05, 0) is 36.8 Å². The second kappa shape index (κ2) is 7.46. The monoisotopic (exact) mass is 421 g/mol. The van der Waals surface area contributed by atoms with Gasteiger partial charge in [-0.25, -0.2) is 4.79 Å². The van der Waals surface area contributed by atoms with Crippen LogP contribution in [0.4, 0.5) is 5.69 Å². The highest BCUT2D eigenvalue weighted by Gasteiger charge is 2.37. The first kappa shape index (κ1) is 19.2. The number of carbonyl (C=O) groups is 2. The number of benzene rings is 2. The van der Waals surface area contributed by atoms with Crippen LogP contribution in [0.15, 0.2) is 51.7 Å². The van der Waals surface area contributed by atoms with Gasteiger partial charge in [-0.15, -0.1) is 0 Å². The molecule has 1 saturated heterocycles. The van der Waals surface area contributed by atoms with E-state index in [1.807, 2.05) is 6.92 Å². The lowest BCUT2D eigenvalue weighted by atomic mass is 10.1. The van der Waals surface area contributed by atoms with Gasteiger partial charge < -0.3 is 23.5 Å². The van der Waals surface area contributed by atoms with E-state index >= 15 is 0 Å². The van der Waals surface area contributed by atoms with Gasteiger partial charge in [-0.2, -0.15) is 0 Å². The molecule has 0 spiro atoms. The van der Waals surface area contributed by atoms with Crippen molar-refractivity contribution >= 4 is 28.5 Å². The van der Waals surface area contributed by atoms with Crippen LogP contribution in [-0.4, -0.2) is 31.6 Å². The van der Waals surface area contributed by atoms with E-state index in [0.717, 1.165) is 10.9 Å². The zero-order valence-electron chi connectivity index (χ0n) is 16.8. The van der Waals surface area contributed by atoms with Crippen molar-refractivity contribution in [2.45, 2.75) is 13.3 Å². The number of carbonyl (C=O) groups excluding carboxylic acids is 2. The summed E-state index contributed by atoms with van der Waals surface area (Å²) in [5.41, 5.74) is 1.30.